The van der Waals surface area contributed by atoms with Crippen LogP contribution in [-0.4, -0.2) is 65.6 Å². The standard InChI is InChI=1S/C31H42N2O6/c1-7-32(8-2)26-15-11-24(30(19-26)38-22-36-5)13-17-28(34)21-29(35)18-14-25-12-16-27(33(9-3)10-4)20-31(25)39-23-37-6/h11-20H,7-10,21-23H2,1-6H3. The third-order valence-electron chi connectivity index (χ3n) is 6.16. The van der Waals surface area contributed by atoms with Gasteiger partial charge >= 0.3 is 0 Å². The van der Waals surface area contributed by atoms with Gasteiger partial charge in [0.15, 0.2) is 25.2 Å². The zero-order chi connectivity index (χ0) is 28.6. The number of carbonyl (C=O) groups is 2. The molecular weight excluding hydrogens is 496 g/mol. The lowest BCUT2D eigenvalue weighted by atomic mass is 10.1. The maximum atomic E-state index is 12.6. The second kappa shape index (κ2) is 17.1. The number of hydrogen-bond donors (Lipinski definition) is 0. The lowest BCUT2D eigenvalue weighted by Crippen LogP contribution is -2.21. The van der Waals surface area contributed by atoms with Gasteiger partial charge in [-0.1, -0.05) is 0 Å². The Morgan fingerprint density at radius 1 is 0.667 bits per heavy atom. The molecule has 0 aliphatic carbocycles. The minimum atomic E-state index is -0.303. The van der Waals surface area contributed by atoms with Gasteiger partial charge in [-0.15, -0.1) is 0 Å². The van der Waals surface area contributed by atoms with Crippen molar-refractivity contribution in [1.82, 2.24) is 0 Å². The molecule has 0 fully saturated rings. The van der Waals surface area contributed by atoms with Crippen LogP contribution in [0.25, 0.3) is 12.2 Å². The van der Waals surface area contributed by atoms with Crippen molar-refractivity contribution in [2.45, 2.75) is 34.1 Å². The first kappa shape index (κ1) is 31.6. The Morgan fingerprint density at radius 3 is 1.38 bits per heavy atom. The number of ether oxygens (including phenoxy) is 4. The molecule has 0 unspecified atom stereocenters. The fourth-order valence-corrected chi connectivity index (χ4v) is 4.04. The van der Waals surface area contributed by atoms with Crippen molar-refractivity contribution in [3.05, 3.63) is 59.7 Å². The quantitative estimate of drug-likeness (QED) is 0.138. The molecule has 0 amide bonds. The van der Waals surface area contributed by atoms with E-state index in [9.17, 15) is 9.59 Å². The number of allylic oxidation sites excluding steroid dienone is 2. The fourth-order valence-electron chi connectivity index (χ4n) is 4.04. The number of methoxy groups -OCH3 is 2. The average Bonchev–Trinajstić information content (AvgIpc) is 2.95. The fraction of sp³-hybridized carbons (Fsp3) is 0.419. The van der Waals surface area contributed by atoms with Gasteiger partial charge in [-0.25, -0.2) is 0 Å². The first-order chi connectivity index (χ1) is 18.9. The van der Waals surface area contributed by atoms with Gasteiger partial charge < -0.3 is 28.7 Å². The maximum absolute atomic E-state index is 12.6. The zero-order valence-corrected chi connectivity index (χ0v) is 24.1. The molecule has 2 aromatic rings. The van der Waals surface area contributed by atoms with Crippen LogP contribution >= 0.6 is 0 Å². The number of carbonyl (C=O) groups excluding carboxylic acids is 2. The number of anilines is 2. The Labute approximate surface area is 232 Å². The van der Waals surface area contributed by atoms with Crippen molar-refractivity contribution in [3.63, 3.8) is 0 Å². The molecule has 0 atom stereocenters. The van der Waals surface area contributed by atoms with Crippen molar-refractivity contribution >= 4 is 35.1 Å². The summed E-state index contributed by atoms with van der Waals surface area (Å²) in [6.45, 7) is 12.0. The molecule has 2 rings (SSSR count). The van der Waals surface area contributed by atoms with E-state index in [0.29, 0.717) is 11.5 Å². The van der Waals surface area contributed by atoms with Gasteiger partial charge in [0.25, 0.3) is 0 Å². The molecule has 8 heteroatoms. The Kier molecular flexibility index (Phi) is 13.8. The van der Waals surface area contributed by atoms with Gasteiger partial charge in [0.05, 0.1) is 6.42 Å². The number of rotatable bonds is 18. The van der Waals surface area contributed by atoms with Crippen LogP contribution in [0.1, 0.15) is 45.2 Å². The van der Waals surface area contributed by atoms with Crippen LogP contribution in [0.3, 0.4) is 0 Å². The molecule has 0 aromatic heterocycles. The van der Waals surface area contributed by atoms with Crippen molar-refractivity contribution < 1.29 is 28.5 Å². The largest absolute Gasteiger partial charge is 0.467 e. The van der Waals surface area contributed by atoms with E-state index in [0.717, 1.165) is 48.7 Å². The minimum Gasteiger partial charge on any atom is -0.467 e. The summed E-state index contributed by atoms with van der Waals surface area (Å²) in [5.74, 6) is 0.604. The van der Waals surface area contributed by atoms with Crippen molar-refractivity contribution in [2.75, 3.05) is 63.8 Å². The predicted octanol–water partition coefficient (Wildman–Crippen LogP) is 5.60. The summed E-state index contributed by atoms with van der Waals surface area (Å²) < 4.78 is 21.6. The predicted molar refractivity (Wildman–Crippen MR) is 158 cm³/mol. The average molecular weight is 539 g/mol. The number of nitrogens with zero attached hydrogens (tertiary/aromatic N) is 2. The lowest BCUT2D eigenvalue weighted by Gasteiger charge is -2.22. The summed E-state index contributed by atoms with van der Waals surface area (Å²) >= 11 is 0. The van der Waals surface area contributed by atoms with Crippen LogP contribution in [0.4, 0.5) is 11.4 Å². The Balaban J connectivity index is 2.13. The van der Waals surface area contributed by atoms with Crippen LogP contribution in [0, 0.1) is 0 Å². The Morgan fingerprint density at radius 2 is 1.05 bits per heavy atom. The first-order valence-electron chi connectivity index (χ1n) is 13.3. The molecule has 2 aromatic carbocycles. The van der Waals surface area contributed by atoms with E-state index in [1.807, 2.05) is 36.4 Å². The molecule has 0 aliphatic heterocycles. The molecule has 39 heavy (non-hydrogen) atoms. The Bertz CT molecular complexity index is 1030. The highest BCUT2D eigenvalue weighted by atomic mass is 16.7. The van der Waals surface area contributed by atoms with Crippen molar-refractivity contribution in [2.24, 2.45) is 0 Å². The van der Waals surface area contributed by atoms with Gasteiger partial charge in [0.1, 0.15) is 11.5 Å². The molecule has 8 nitrogen and oxygen atoms in total. The van der Waals surface area contributed by atoms with E-state index in [2.05, 4.69) is 37.5 Å². The van der Waals surface area contributed by atoms with E-state index >= 15 is 0 Å². The van der Waals surface area contributed by atoms with Crippen LogP contribution in [0.15, 0.2) is 48.6 Å². The summed E-state index contributed by atoms with van der Waals surface area (Å²) in [5, 5.41) is 0. The van der Waals surface area contributed by atoms with Gasteiger partial charge in [-0.2, -0.15) is 0 Å². The van der Waals surface area contributed by atoms with E-state index < -0.39 is 0 Å². The van der Waals surface area contributed by atoms with Crippen molar-refractivity contribution in [3.8, 4) is 11.5 Å². The number of ketones is 2. The van der Waals surface area contributed by atoms with Gasteiger partial charge in [-0.3, -0.25) is 9.59 Å². The molecule has 0 spiro atoms. The van der Waals surface area contributed by atoms with Crippen LogP contribution < -0.4 is 19.3 Å². The Hall–Kier alpha value is -3.62. The first-order valence-corrected chi connectivity index (χ1v) is 13.3. The van der Waals surface area contributed by atoms with Crippen molar-refractivity contribution in [1.29, 1.82) is 0 Å². The SMILES string of the molecule is CCN(CC)c1ccc(C=CC(=O)CC(=O)C=Cc2ccc(N(CC)CC)cc2OCOC)c(OCOC)c1. The molecule has 212 valence electrons. The monoisotopic (exact) mass is 538 g/mol. The molecule has 0 N–H and O–H groups in total. The van der Waals surface area contributed by atoms with Crippen LogP contribution in [0.2, 0.25) is 0 Å². The van der Waals surface area contributed by atoms with E-state index in [-0.39, 0.29) is 31.6 Å². The third-order valence-corrected chi connectivity index (χ3v) is 6.16. The molecule has 0 aliphatic rings. The topological polar surface area (TPSA) is 77.5 Å². The second-order valence-electron chi connectivity index (χ2n) is 8.67. The summed E-state index contributed by atoms with van der Waals surface area (Å²) in [6, 6.07) is 11.6. The molecule has 0 radical (unpaired) electrons. The molecule has 0 saturated heterocycles. The van der Waals surface area contributed by atoms with Gasteiger partial charge in [0.2, 0.25) is 0 Å². The summed E-state index contributed by atoms with van der Waals surface area (Å²) in [6.07, 6.45) is 5.90. The highest BCUT2D eigenvalue weighted by Crippen LogP contribution is 2.28. The van der Waals surface area contributed by atoms with Gasteiger partial charge in [-0.05, 0) is 76.3 Å². The lowest BCUT2D eigenvalue weighted by molar-refractivity contribution is -0.121. The van der Waals surface area contributed by atoms with Crippen LogP contribution in [0.5, 0.6) is 11.5 Å². The number of benzene rings is 2. The molecule has 0 heterocycles. The summed E-state index contributed by atoms with van der Waals surface area (Å²) in [7, 11) is 3.11. The molecule has 0 saturated carbocycles. The molecule has 0 bridgehead atoms. The zero-order valence-electron chi connectivity index (χ0n) is 24.1. The van der Waals surface area contributed by atoms with E-state index in [4.69, 9.17) is 18.9 Å². The maximum Gasteiger partial charge on any atom is 0.188 e. The summed E-state index contributed by atoms with van der Waals surface area (Å²) in [4.78, 5) is 29.5. The van der Waals surface area contributed by atoms with E-state index in [1.54, 1.807) is 26.4 Å². The minimum absolute atomic E-state index is 0.0890. The second-order valence-corrected chi connectivity index (χ2v) is 8.67. The van der Waals surface area contributed by atoms with Crippen LogP contribution in [-0.2, 0) is 19.1 Å². The van der Waals surface area contributed by atoms with E-state index in [1.165, 1.54) is 12.2 Å². The summed E-state index contributed by atoms with van der Waals surface area (Å²) in [5.41, 5.74) is 3.50. The molecular formula is C31H42N2O6. The third kappa shape index (κ3) is 9.89. The highest BCUT2D eigenvalue weighted by molar-refractivity contribution is 6.11. The highest BCUT2D eigenvalue weighted by Gasteiger charge is 2.11. The smallest absolute Gasteiger partial charge is 0.188 e. The number of hydrogen-bond acceptors (Lipinski definition) is 8. The van der Waals surface area contributed by atoms with Gasteiger partial charge in [0, 0.05) is 75.0 Å². The normalized spacial score (nSPS) is 11.2.